The van der Waals surface area contributed by atoms with Gasteiger partial charge in [0.1, 0.15) is 4.83 Å². The van der Waals surface area contributed by atoms with Crippen molar-refractivity contribution < 1.29 is 9.90 Å². The number of thiazole rings is 1. The fourth-order valence-electron chi connectivity index (χ4n) is 1.34. The van der Waals surface area contributed by atoms with Crippen LogP contribution in [0.25, 0.3) is 10.3 Å². The van der Waals surface area contributed by atoms with Gasteiger partial charge in [0.25, 0.3) is 0 Å². The highest BCUT2D eigenvalue weighted by atomic mass is 35.5. The molecule has 2 aromatic rings. The molecule has 0 unspecified atom stereocenters. The van der Waals surface area contributed by atoms with E-state index in [9.17, 15) is 9.59 Å². The minimum absolute atomic E-state index is 0.0990. The summed E-state index contributed by atoms with van der Waals surface area (Å²) in [7, 11) is 0. The normalized spacial score (nSPS) is 10.8. The third-order valence-electron chi connectivity index (χ3n) is 2.04. The zero-order valence-electron chi connectivity index (χ0n) is 8.01. The molecule has 0 radical (unpaired) electrons. The quantitative estimate of drug-likeness (QED) is 0.907. The topological polar surface area (TPSA) is 72.2 Å². The minimum Gasteiger partial charge on any atom is -0.481 e. The zero-order valence-corrected chi connectivity index (χ0v) is 9.59. The van der Waals surface area contributed by atoms with E-state index in [1.165, 1.54) is 10.8 Å². The van der Waals surface area contributed by atoms with E-state index in [0.717, 1.165) is 11.3 Å². The lowest BCUT2D eigenvalue weighted by Crippen LogP contribution is -2.15. The molecule has 0 spiro atoms. The van der Waals surface area contributed by atoms with Gasteiger partial charge in [0.15, 0.2) is 0 Å². The van der Waals surface area contributed by atoms with E-state index in [0.29, 0.717) is 15.4 Å². The Balaban J connectivity index is 2.50. The predicted molar refractivity (Wildman–Crippen MR) is 61.1 cm³/mol. The number of aryl methyl sites for hydroxylation is 1. The van der Waals surface area contributed by atoms with Crippen molar-refractivity contribution >= 4 is 39.3 Å². The van der Waals surface area contributed by atoms with Crippen LogP contribution in [0.5, 0.6) is 0 Å². The van der Waals surface area contributed by atoms with E-state index in [1.54, 1.807) is 6.07 Å². The summed E-state index contributed by atoms with van der Waals surface area (Å²) in [5.41, 5.74) is 0.587. The number of carboxylic acids is 1. The summed E-state index contributed by atoms with van der Waals surface area (Å²) in [6, 6.07) is 1.61. The molecule has 5 nitrogen and oxygen atoms in total. The molecule has 0 amide bonds. The van der Waals surface area contributed by atoms with Gasteiger partial charge in [-0.25, -0.2) is 4.98 Å². The van der Waals surface area contributed by atoms with Gasteiger partial charge in [-0.15, -0.1) is 0 Å². The van der Waals surface area contributed by atoms with Crippen LogP contribution in [0.3, 0.4) is 0 Å². The van der Waals surface area contributed by atoms with Crippen molar-refractivity contribution in [2.45, 2.75) is 13.0 Å². The molecule has 0 atom stereocenters. The Morgan fingerprint density at radius 2 is 2.38 bits per heavy atom. The molecule has 0 fully saturated rings. The van der Waals surface area contributed by atoms with Gasteiger partial charge in [0, 0.05) is 12.7 Å². The number of carbonyl (C=O) groups is 1. The zero-order chi connectivity index (χ0) is 11.7. The van der Waals surface area contributed by atoms with Gasteiger partial charge in [-0.3, -0.25) is 14.2 Å². The maximum atomic E-state index is 11.6. The van der Waals surface area contributed by atoms with Gasteiger partial charge < -0.3 is 5.11 Å². The number of hydrogen-bond acceptors (Lipinski definition) is 4. The number of aromatic nitrogens is 2. The van der Waals surface area contributed by atoms with Gasteiger partial charge >= 0.3 is 10.8 Å². The van der Waals surface area contributed by atoms with Crippen LogP contribution in [0.1, 0.15) is 6.42 Å². The molecule has 16 heavy (non-hydrogen) atoms. The Kier molecular flexibility index (Phi) is 2.93. The molecule has 0 aromatic carbocycles. The molecule has 7 heteroatoms. The Bertz CT molecular complexity index is 604. The minimum atomic E-state index is -0.943. The molecule has 2 aromatic heterocycles. The smallest absolute Gasteiger partial charge is 0.309 e. The SMILES string of the molecule is O=C(O)CCn1c(=O)sc2ncc(Cl)cc21. The Hall–Kier alpha value is -1.40. The van der Waals surface area contributed by atoms with Crippen LogP contribution in [-0.4, -0.2) is 20.6 Å². The van der Waals surface area contributed by atoms with Gasteiger partial charge in [-0.1, -0.05) is 22.9 Å². The average molecular weight is 259 g/mol. The van der Waals surface area contributed by atoms with Crippen molar-refractivity contribution in [1.29, 1.82) is 0 Å². The van der Waals surface area contributed by atoms with Crippen molar-refractivity contribution in [1.82, 2.24) is 9.55 Å². The number of carboxylic acid groups (broad SMARTS) is 1. The molecule has 0 aliphatic rings. The van der Waals surface area contributed by atoms with Gasteiger partial charge in [0.05, 0.1) is 17.0 Å². The highest BCUT2D eigenvalue weighted by molar-refractivity contribution is 7.16. The third kappa shape index (κ3) is 2.07. The van der Waals surface area contributed by atoms with Gasteiger partial charge in [-0.05, 0) is 6.07 Å². The lowest BCUT2D eigenvalue weighted by Gasteiger charge is -2.00. The molecule has 0 aliphatic heterocycles. The summed E-state index contributed by atoms with van der Waals surface area (Å²) in [5.74, 6) is -0.943. The Morgan fingerprint density at radius 1 is 1.62 bits per heavy atom. The lowest BCUT2D eigenvalue weighted by atomic mass is 10.4. The number of pyridine rings is 1. The number of aliphatic carboxylic acids is 1. The number of rotatable bonds is 3. The first-order valence-electron chi connectivity index (χ1n) is 4.44. The van der Waals surface area contributed by atoms with Gasteiger partial charge in [0.2, 0.25) is 0 Å². The maximum Gasteiger partial charge on any atom is 0.309 e. The highest BCUT2D eigenvalue weighted by Gasteiger charge is 2.10. The number of hydrogen-bond donors (Lipinski definition) is 1. The molecular weight excluding hydrogens is 252 g/mol. The first kappa shape index (κ1) is 11.1. The van der Waals surface area contributed by atoms with E-state index < -0.39 is 5.97 Å². The monoisotopic (exact) mass is 258 g/mol. The van der Waals surface area contributed by atoms with Crippen molar-refractivity contribution in [3.8, 4) is 0 Å². The highest BCUT2D eigenvalue weighted by Crippen LogP contribution is 2.18. The van der Waals surface area contributed by atoms with Crippen LogP contribution < -0.4 is 4.87 Å². The van der Waals surface area contributed by atoms with E-state index in [-0.39, 0.29) is 17.8 Å². The molecule has 0 bridgehead atoms. The fourth-order valence-corrected chi connectivity index (χ4v) is 2.34. The molecule has 2 heterocycles. The second-order valence-corrected chi connectivity index (χ2v) is 4.52. The second kappa shape index (κ2) is 4.23. The van der Waals surface area contributed by atoms with Crippen molar-refractivity contribution in [2.24, 2.45) is 0 Å². The molecule has 1 N–H and O–H groups in total. The Labute approximate surface area is 98.9 Å². The van der Waals surface area contributed by atoms with E-state index in [2.05, 4.69) is 4.98 Å². The first-order valence-corrected chi connectivity index (χ1v) is 5.64. The van der Waals surface area contributed by atoms with Crippen LogP contribution in [0.4, 0.5) is 0 Å². The van der Waals surface area contributed by atoms with Crippen molar-refractivity contribution in [3.05, 3.63) is 27.0 Å². The number of fused-ring (bicyclic) bond motifs is 1. The third-order valence-corrected chi connectivity index (χ3v) is 3.15. The Morgan fingerprint density at radius 3 is 3.06 bits per heavy atom. The van der Waals surface area contributed by atoms with Crippen LogP contribution >= 0.6 is 22.9 Å². The van der Waals surface area contributed by atoms with Crippen LogP contribution in [0.15, 0.2) is 17.1 Å². The largest absolute Gasteiger partial charge is 0.481 e. The molecule has 0 saturated carbocycles. The summed E-state index contributed by atoms with van der Waals surface area (Å²) >= 11 is 6.76. The standard InChI is InChI=1S/C9H7ClN2O3S/c10-5-3-6-8(11-4-5)16-9(15)12(6)2-1-7(13)14/h3-4H,1-2H2,(H,13,14). The molecule has 0 saturated heterocycles. The summed E-state index contributed by atoms with van der Waals surface area (Å²) < 4.78 is 1.38. The van der Waals surface area contributed by atoms with E-state index in [1.807, 2.05) is 0 Å². The van der Waals surface area contributed by atoms with Crippen molar-refractivity contribution in [3.63, 3.8) is 0 Å². The molecule has 84 valence electrons. The molecule has 0 aliphatic carbocycles. The van der Waals surface area contributed by atoms with Gasteiger partial charge in [-0.2, -0.15) is 0 Å². The summed E-state index contributed by atoms with van der Waals surface area (Å²) in [6.07, 6.45) is 1.36. The molecular formula is C9H7ClN2O3S. The van der Waals surface area contributed by atoms with Crippen LogP contribution in [0.2, 0.25) is 5.02 Å². The van der Waals surface area contributed by atoms with E-state index in [4.69, 9.17) is 16.7 Å². The summed E-state index contributed by atoms with van der Waals surface area (Å²) in [4.78, 5) is 26.4. The van der Waals surface area contributed by atoms with E-state index >= 15 is 0 Å². The second-order valence-electron chi connectivity index (χ2n) is 3.14. The summed E-state index contributed by atoms with van der Waals surface area (Å²) in [5, 5.41) is 9.00. The fraction of sp³-hybridized carbons (Fsp3) is 0.222. The number of halogens is 1. The van der Waals surface area contributed by atoms with Crippen LogP contribution in [0, 0.1) is 0 Å². The first-order chi connectivity index (χ1) is 7.58. The van der Waals surface area contributed by atoms with Crippen molar-refractivity contribution in [2.75, 3.05) is 0 Å². The maximum absolute atomic E-state index is 11.6. The summed E-state index contributed by atoms with van der Waals surface area (Å²) in [6.45, 7) is 0.135. The molecule has 2 rings (SSSR count). The van der Waals surface area contributed by atoms with Crippen LogP contribution in [-0.2, 0) is 11.3 Å². The lowest BCUT2D eigenvalue weighted by molar-refractivity contribution is -0.137. The predicted octanol–water partition coefficient (Wildman–Crippen LogP) is 1.59. The average Bonchev–Trinajstić information content (AvgIpc) is 2.51. The number of nitrogens with zero attached hydrogens (tertiary/aromatic N) is 2.